The van der Waals surface area contributed by atoms with E-state index in [1.54, 1.807) is 0 Å². The monoisotopic (exact) mass is 272 g/mol. The summed E-state index contributed by atoms with van der Waals surface area (Å²) in [5, 5.41) is 8.92. The summed E-state index contributed by atoms with van der Waals surface area (Å²) in [5.74, 6) is -0.507. The highest BCUT2D eigenvalue weighted by molar-refractivity contribution is 5.73. The Bertz CT molecular complexity index is 202. The number of esters is 1. The standard InChI is InChI=1S/C16H32O3/c1-3-4-5-6-7-8-9-10-11-12-13-14-19-16(18)15(2)17/h15,17H,3-14H2,1-2H3. The Hall–Kier alpha value is -0.570. The lowest BCUT2D eigenvalue weighted by Gasteiger charge is -2.06. The highest BCUT2D eigenvalue weighted by atomic mass is 16.5. The van der Waals surface area contributed by atoms with Crippen LogP contribution in [-0.2, 0) is 9.53 Å². The van der Waals surface area contributed by atoms with Gasteiger partial charge in [0, 0.05) is 0 Å². The molecule has 1 atom stereocenters. The quantitative estimate of drug-likeness (QED) is 0.403. The van der Waals surface area contributed by atoms with Crippen LogP contribution < -0.4 is 0 Å². The second-order valence-electron chi connectivity index (χ2n) is 5.38. The molecule has 0 saturated heterocycles. The number of carbonyl (C=O) groups is 1. The Balaban J connectivity index is 3.05. The van der Waals surface area contributed by atoms with Crippen LogP contribution in [0.4, 0.5) is 0 Å². The van der Waals surface area contributed by atoms with Crippen molar-refractivity contribution in [3.8, 4) is 0 Å². The molecule has 1 unspecified atom stereocenters. The SMILES string of the molecule is CCCCCCCCCCCCCOC(=O)C(C)O. The summed E-state index contributed by atoms with van der Waals surface area (Å²) in [6, 6.07) is 0. The summed E-state index contributed by atoms with van der Waals surface area (Å²) in [5.41, 5.74) is 0. The second-order valence-corrected chi connectivity index (χ2v) is 5.38. The maximum absolute atomic E-state index is 11.0. The predicted molar refractivity (Wildman–Crippen MR) is 79.1 cm³/mol. The molecule has 0 aromatic heterocycles. The minimum absolute atomic E-state index is 0.445. The third-order valence-electron chi connectivity index (χ3n) is 3.33. The summed E-state index contributed by atoms with van der Waals surface area (Å²) >= 11 is 0. The number of unbranched alkanes of at least 4 members (excludes halogenated alkanes) is 10. The first kappa shape index (κ1) is 18.4. The zero-order valence-corrected chi connectivity index (χ0v) is 12.8. The minimum Gasteiger partial charge on any atom is -0.464 e. The Morgan fingerprint density at radius 1 is 0.895 bits per heavy atom. The summed E-state index contributed by atoms with van der Waals surface area (Å²) in [7, 11) is 0. The van der Waals surface area contributed by atoms with Crippen molar-refractivity contribution in [1.82, 2.24) is 0 Å². The number of rotatable bonds is 13. The molecule has 3 heteroatoms. The van der Waals surface area contributed by atoms with Crippen molar-refractivity contribution in [2.75, 3.05) is 6.61 Å². The van der Waals surface area contributed by atoms with Gasteiger partial charge in [-0.25, -0.2) is 4.79 Å². The molecular formula is C16H32O3. The van der Waals surface area contributed by atoms with Crippen LogP contribution >= 0.6 is 0 Å². The number of aliphatic hydroxyl groups excluding tert-OH is 1. The van der Waals surface area contributed by atoms with Crippen molar-refractivity contribution in [2.45, 2.75) is 90.6 Å². The van der Waals surface area contributed by atoms with Gasteiger partial charge in [-0.2, -0.15) is 0 Å². The van der Waals surface area contributed by atoms with E-state index in [0.29, 0.717) is 6.61 Å². The molecule has 0 aromatic rings. The van der Waals surface area contributed by atoms with Gasteiger partial charge in [-0.1, -0.05) is 71.1 Å². The Morgan fingerprint density at radius 2 is 1.32 bits per heavy atom. The van der Waals surface area contributed by atoms with Crippen LogP contribution in [0.15, 0.2) is 0 Å². The van der Waals surface area contributed by atoms with E-state index in [1.807, 2.05) is 0 Å². The van der Waals surface area contributed by atoms with Gasteiger partial charge in [0.1, 0.15) is 6.10 Å². The van der Waals surface area contributed by atoms with Crippen LogP contribution in [0.1, 0.15) is 84.5 Å². The first-order valence-electron chi connectivity index (χ1n) is 8.03. The molecule has 0 amide bonds. The van der Waals surface area contributed by atoms with Crippen molar-refractivity contribution in [3.63, 3.8) is 0 Å². The summed E-state index contributed by atoms with van der Waals surface area (Å²) < 4.78 is 4.90. The van der Waals surface area contributed by atoms with E-state index in [1.165, 1.54) is 64.7 Å². The van der Waals surface area contributed by atoms with Gasteiger partial charge < -0.3 is 9.84 Å². The first-order chi connectivity index (χ1) is 9.18. The van der Waals surface area contributed by atoms with Crippen molar-refractivity contribution in [1.29, 1.82) is 0 Å². The van der Waals surface area contributed by atoms with Gasteiger partial charge in [0.25, 0.3) is 0 Å². The average Bonchev–Trinajstić information content (AvgIpc) is 2.39. The van der Waals surface area contributed by atoms with E-state index in [4.69, 9.17) is 9.84 Å². The molecule has 0 bridgehead atoms. The van der Waals surface area contributed by atoms with Crippen LogP contribution in [-0.4, -0.2) is 23.8 Å². The maximum atomic E-state index is 11.0. The number of hydrogen-bond acceptors (Lipinski definition) is 3. The van der Waals surface area contributed by atoms with Crippen LogP contribution in [0.5, 0.6) is 0 Å². The summed E-state index contributed by atoms with van der Waals surface area (Å²) in [4.78, 5) is 11.0. The van der Waals surface area contributed by atoms with E-state index in [-0.39, 0.29) is 0 Å². The molecule has 3 nitrogen and oxygen atoms in total. The molecule has 0 radical (unpaired) electrons. The molecule has 0 aliphatic carbocycles. The van der Waals surface area contributed by atoms with E-state index in [0.717, 1.165) is 12.8 Å². The molecule has 0 heterocycles. The van der Waals surface area contributed by atoms with Gasteiger partial charge in [0.2, 0.25) is 0 Å². The second kappa shape index (κ2) is 13.9. The van der Waals surface area contributed by atoms with E-state index in [9.17, 15) is 4.79 Å². The molecule has 114 valence electrons. The predicted octanol–water partition coefficient (Wildman–Crippen LogP) is 4.22. The lowest BCUT2D eigenvalue weighted by Crippen LogP contribution is -2.19. The Kier molecular flexibility index (Phi) is 13.4. The lowest BCUT2D eigenvalue weighted by molar-refractivity contribution is -0.152. The fraction of sp³-hybridized carbons (Fsp3) is 0.938. The summed E-state index contributed by atoms with van der Waals surface area (Å²) in [6.07, 6.45) is 13.1. The van der Waals surface area contributed by atoms with Crippen LogP contribution in [0.3, 0.4) is 0 Å². The fourth-order valence-corrected chi connectivity index (χ4v) is 2.06. The highest BCUT2D eigenvalue weighted by Gasteiger charge is 2.08. The maximum Gasteiger partial charge on any atom is 0.334 e. The summed E-state index contributed by atoms with van der Waals surface area (Å²) in [6.45, 7) is 4.13. The molecule has 0 aliphatic heterocycles. The smallest absolute Gasteiger partial charge is 0.334 e. The molecule has 0 rings (SSSR count). The fourth-order valence-electron chi connectivity index (χ4n) is 2.06. The molecular weight excluding hydrogens is 240 g/mol. The number of hydrogen-bond donors (Lipinski definition) is 1. The van der Waals surface area contributed by atoms with Gasteiger partial charge >= 0.3 is 5.97 Å². The molecule has 0 aromatic carbocycles. The third-order valence-corrected chi connectivity index (χ3v) is 3.33. The molecule has 1 N–H and O–H groups in total. The molecule has 0 saturated carbocycles. The van der Waals surface area contributed by atoms with Crippen LogP contribution in [0.25, 0.3) is 0 Å². The topological polar surface area (TPSA) is 46.5 Å². The van der Waals surface area contributed by atoms with Gasteiger partial charge in [-0.05, 0) is 13.3 Å². The first-order valence-corrected chi connectivity index (χ1v) is 8.03. The van der Waals surface area contributed by atoms with Crippen molar-refractivity contribution in [3.05, 3.63) is 0 Å². The van der Waals surface area contributed by atoms with Gasteiger partial charge in [0.05, 0.1) is 6.61 Å². The largest absolute Gasteiger partial charge is 0.464 e. The molecule has 0 spiro atoms. The third kappa shape index (κ3) is 13.7. The Morgan fingerprint density at radius 3 is 1.74 bits per heavy atom. The molecule has 0 aliphatic rings. The Labute approximate surface area is 118 Å². The van der Waals surface area contributed by atoms with Gasteiger partial charge in [-0.15, -0.1) is 0 Å². The number of ether oxygens (including phenoxy) is 1. The van der Waals surface area contributed by atoms with Crippen LogP contribution in [0.2, 0.25) is 0 Å². The van der Waals surface area contributed by atoms with Gasteiger partial charge in [-0.3, -0.25) is 0 Å². The molecule has 0 fully saturated rings. The zero-order valence-electron chi connectivity index (χ0n) is 12.8. The highest BCUT2D eigenvalue weighted by Crippen LogP contribution is 2.11. The minimum atomic E-state index is -0.993. The van der Waals surface area contributed by atoms with Crippen molar-refractivity contribution < 1.29 is 14.6 Å². The van der Waals surface area contributed by atoms with E-state index < -0.39 is 12.1 Å². The zero-order chi connectivity index (χ0) is 14.3. The molecule has 19 heavy (non-hydrogen) atoms. The number of aliphatic hydroxyl groups is 1. The van der Waals surface area contributed by atoms with Crippen LogP contribution in [0, 0.1) is 0 Å². The van der Waals surface area contributed by atoms with E-state index in [2.05, 4.69) is 6.92 Å². The van der Waals surface area contributed by atoms with E-state index >= 15 is 0 Å². The lowest BCUT2D eigenvalue weighted by atomic mass is 10.1. The normalized spacial score (nSPS) is 12.4. The van der Waals surface area contributed by atoms with Crippen molar-refractivity contribution in [2.24, 2.45) is 0 Å². The number of carbonyl (C=O) groups excluding carboxylic acids is 1. The van der Waals surface area contributed by atoms with Crippen molar-refractivity contribution >= 4 is 5.97 Å². The van der Waals surface area contributed by atoms with Gasteiger partial charge in [0.15, 0.2) is 0 Å². The average molecular weight is 272 g/mol.